The summed E-state index contributed by atoms with van der Waals surface area (Å²) in [5, 5.41) is 4.14. The molecule has 0 saturated carbocycles. The highest BCUT2D eigenvalue weighted by atomic mass is 32.2. The van der Waals surface area contributed by atoms with Gasteiger partial charge in [0.1, 0.15) is 0 Å². The average molecular weight is 286 g/mol. The Balaban J connectivity index is 2.03. The third-order valence-corrected chi connectivity index (χ3v) is 4.70. The zero-order valence-corrected chi connectivity index (χ0v) is 12.1. The van der Waals surface area contributed by atoms with Gasteiger partial charge in [-0.2, -0.15) is 11.8 Å². The molecule has 0 amide bonds. The number of thioether (sulfide) groups is 1. The third kappa shape index (κ3) is 4.10. The maximum atomic E-state index is 11.2. The zero-order chi connectivity index (χ0) is 13.2. The Bertz CT molecular complexity index is 517. The van der Waals surface area contributed by atoms with Gasteiger partial charge in [0, 0.05) is 22.7 Å². The second kappa shape index (κ2) is 5.40. The molecule has 1 aromatic carbocycles. The Morgan fingerprint density at radius 2 is 2.06 bits per heavy atom. The maximum absolute atomic E-state index is 11.2. The number of rotatable bonds is 4. The molecule has 0 aliphatic carbocycles. The van der Waals surface area contributed by atoms with Gasteiger partial charge in [0.2, 0.25) is 10.0 Å². The summed E-state index contributed by atoms with van der Waals surface area (Å²) in [5.74, 6) is 1.10. The van der Waals surface area contributed by atoms with Gasteiger partial charge in [-0.3, -0.25) is 4.72 Å². The van der Waals surface area contributed by atoms with Gasteiger partial charge in [-0.05, 0) is 24.6 Å². The van der Waals surface area contributed by atoms with Crippen molar-refractivity contribution in [3.63, 3.8) is 0 Å². The van der Waals surface area contributed by atoms with Crippen molar-refractivity contribution in [1.29, 1.82) is 0 Å². The fourth-order valence-corrected chi connectivity index (χ4v) is 3.74. The number of sulfonamides is 1. The molecule has 1 aliphatic heterocycles. The van der Waals surface area contributed by atoms with E-state index in [1.54, 1.807) is 6.07 Å². The molecule has 2 atom stereocenters. The Kier molecular flexibility index (Phi) is 4.07. The molecular weight excluding hydrogens is 268 g/mol. The van der Waals surface area contributed by atoms with Crippen LogP contribution in [0.1, 0.15) is 13.3 Å². The van der Waals surface area contributed by atoms with Gasteiger partial charge >= 0.3 is 0 Å². The van der Waals surface area contributed by atoms with E-state index in [1.165, 1.54) is 0 Å². The molecule has 2 N–H and O–H groups in total. The van der Waals surface area contributed by atoms with Crippen molar-refractivity contribution in [3.8, 4) is 0 Å². The van der Waals surface area contributed by atoms with Crippen LogP contribution in [0.2, 0.25) is 0 Å². The molecule has 0 radical (unpaired) electrons. The van der Waals surface area contributed by atoms with Crippen molar-refractivity contribution in [2.24, 2.45) is 0 Å². The predicted octanol–water partition coefficient (Wildman–Crippen LogP) is 2.36. The van der Waals surface area contributed by atoms with Gasteiger partial charge in [-0.1, -0.05) is 13.0 Å². The third-order valence-electron chi connectivity index (χ3n) is 2.73. The monoisotopic (exact) mass is 286 g/mol. The SMILES string of the molecule is CC1CC(Nc2cccc(NS(C)(=O)=O)c2)CS1. The Morgan fingerprint density at radius 1 is 1.33 bits per heavy atom. The molecule has 1 fully saturated rings. The summed E-state index contributed by atoms with van der Waals surface area (Å²) >= 11 is 1.96. The van der Waals surface area contributed by atoms with E-state index >= 15 is 0 Å². The van der Waals surface area contributed by atoms with E-state index in [0.717, 1.165) is 24.1 Å². The number of hydrogen-bond acceptors (Lipinski definition) is 4. The summed E-state index contributed by atoms with van der Waals surface area (Å²) in [5.41, 5.74) is 1.56. The van der Waals surface area contributed by atoms with Crippen molar-refractivity contribution in [3.05, 3.63) is 24.3 Å². The molecule has 1 heterocycles. The van der Waals surface area contributed by atoms with E-state index in [1.807, 2.05) is 30.0 Å². The van der Waals surface area contributed by atoms with Crippen LogP contribution in [0.5, 0.6) is 0 Å². The maximum Gasteiger partial charge on any atom is 0.229 e. The summed E-state index contributed by atoms with van der Waals surface area (Å²) in [4.78, 5) is 0. The van der Waals surface area contributed by atoms with Crippen molar-refractivity contribution in [2.75, 3.05) is 22.0 Å². The predicted molar refractivity (Wildman–Crippen MR) is 78.9 cm³/mol. The molecule has 18 heavy (non-hydrogen) atoms. The van der Waals surface area contributed by atoms with Gasteiger partial charge in [-0.25, -0.2) is 8.42 Å². The first kappa shape index (κ1) is 13.5. The van der Waals surface area contributed by atoms with Crippen LogP contribution in [0.15, 0.2) is 24.3 Å². The average Bonchev–Trinajstić information content (AvgIpc) is 2.62. The molecule has 0 spiro atoms. The number of nitrogens with one attached hydrogen (secondary N) is 2. The summed E-state index contributed by atoms with van der Waals surface area (Å²) in [6.07, 6.45) is 2.30. The summed E-state index contributed by atoms with van der Waals surface area (Å²) < 4.78 is 24.8. The number of anilines is 2. The van der Waals surface area contributed by atoms with Crippen LogP contribution in [0.3, 0.4) is 0 Å². The normalized spacial score (nSPS) is 23.9. The van der Waals surface area contributed by atoms with Gasteiger partial charge in [0.05, 0.1) is 11.9 Å². The van der Waals surface area contributed by atoms with Crippen LogP contribution < -0.4 is 10.0 Å². The fourth-order valence-electron chi connectivity index (χ4n) is 2.04. The van der Waals surface area contributed by atoms with Crippen LogP contribution in [0.25, 0.3) is 0 Å². The largest absolute Gasteiger partial charge is 0.381 e. The quantitative estimate of drug-likeness (QED) is 0.892. The molecule has 1 saturated heterocycles. The topological polar surface area (TPSA) is 58.2 Å². The lowest BCUT2D eigenvalue weighted by atomic mass is 10.2. The van der Waals surface area contributed by atoms with Crippen molar-refractivity contribution in [2.45, 2.75) is 24.6 Å². The molecule has 1 aromatic rings. The van der Waals surface area contributed by atoms with Crippen molar-refractivity contribution >= 4 is 33.2 Å². The van der Waals surface area contributed by atoms with Gasteiger partial charge in [0.15, 0.2) is 0 Å². The lowest BCUT2D eigenvalue weighted by Gasteiger charge is -2.14. The Hall–Kier alpha value is -0.880. The molecular formula is C12H18N2O2S2. The molecule has 4 nitrogen and oxygen atoms in total. The summed E-state index contributed by atoms with van der Waals surface area (Å²) in [7, 11) is -3.21. The molecule has 100 valence electrons. The Morgan fingerprint density at radius 3 is 2.67 bits per heavy atom. The lowest BCUT2D eigenvalue weighted by Crippen LogP contribution is -2.19. The molecule has 0 bridgehead atoms. The summed E-state index contributed by atoms with van der Waals surface area (Å²) in [6.45, 7) is 2.23. The highest BCUT2D eigenvalue weighted by Gasteiger charge is 2.21. The minimum Gasteiger partial charge on any atom is -0.381 e. The first-order valence-corrected chi connectivity index (χ1v) is 8.82. The molecule has 1 aliphatic rings. The van der Waals surface area contributed by atoms with Gasteiger partial charge in [0.25, 0.3) is 0 Å². The van der Waals surface area contributed by atoms with E-state index in [9.17, 15) is 8.42 Å². The minimum absolute atomic E-state index is 0.471. The molecule has 0 aromatic heterocycles. The van der Waals surface area contributed by atoms with E-state index in [0.29, 0.717) is 17.0 Å². The number of hydrogen-bond donors (Lipinski definition) is 2. The standard InChI is InChI=1S/C12H18N2O2S2/c1-9-6-12(8-17-9)13-10-4-3-5-11(7-10)14-18(2,15)16/h3-5,7,9,12-14H,6,8H2,1-2H3. The second-order valence-corrected chi connectivity index (χ2v) is 7.90. The van der Waals surface area contributed by atoms with E-state index in [4.69, 9.17) is 0 Å². The molecule has 6 heteroatoms. The van der Waals surface area contributed by atoms with Gasteiger partial charge in [-0.15, -0.1) is 0 Å². The lowest BCUT2D eigenvalue weighted by molar-refractivity contribution is 0.607. The first-order valence-electron chi connectivity index (χ1n) is 5.88. The van der Waals surface area contributed by atoms with Gasteiger partial charge < -0.3 is 5.32 Å². The molecule has 2 unspecified atom stereocenters. The van der Waals surface area contributed by atoms with E-state index in [2.05, 4.69) is 17.0 Å². The Labute approximate surface area is 113 Å². The van der Waals surface area contributed by atoms with Crippen LogP contribution in [0, 0.1) is 0 Å². The second-order valence-electron chi connectivity index (χ2n) is 4.68. The highest BCUT2D eigenvalue weighted by molar-refractivity contribution is 8.00. The van der Waals surface area contributed by atoms with Crippen molar-refractivity contribution in [1.82, 2.24) is 0 Å². The first-order chi connectivity index (χ1) is 8.42. The molecule has 2 rings (SSSR count). The highest BCUT2D eigenvalue weighted by Crippen LogP contribution is 2.28. The fraction of sp³-hybridized carbons (Fsp3) is 0.500. The summed E-state index contributed by atoms with van der Waals surface area (Å²) in [6, 6.07) is 7.86. The van der Waals surface area contributed by atoms with E-state index in [-0.39, 0.29) is 0 Å². The zero-order valence-electron chi connectivity index (χ0n) is 10.5. The van der Waals surface area contributed by atoms with Crippen molar-refractivity contribution < 1.29 is 8.42 Å². The van der Waals surface area contributed by atoms with Crippen LogP contribution in [-0.2, 0) is 10.0 Å². The smallest absolute Gasteiger partial charge is 0.229 e. The van der Waals surface area contributed by atoms with E-state index < -0.39 is 10.0 Å². The van der Waals surface area contributed by atoms with Crippen LogP contribution in [-0.4, -0.2) is 31.7 Å². The minimum atomic E-state index is -3.21. The number of benzene rings is 1. The van der Waals surface area contributed by atoms with Crippen LogP contribution in [0.4, 0.5) is 11.4 Å². The van der Waals surface area contributed by atoms with Crippen LogP contribution >= 0.6 is 11.8 Å².